The molecule has 0 aliphatic rings. The van der Waals surface area contributed by atoms with E-state index in [0.29, 0.717) is 12.8 Å². The van der Waals surface area contributed by atoms with Crippen molar-refractivity contribution in [2.75, 3.05) is 13.2 Å². The average Bonchev–Trinajstić information content (AvgIpc) is 2.24. The lowest BCUT2D eigenvalue weighted by molar-refractivity contribution is -0.142. The molecule has 0 rings (SSSR count). The molecule has 0 spiro atoms. The summed E-state index contributed by atoms with van der Waals surface area (Å²) in [4.78, 5) is 32.2. The molecule has 0 saturated heterocycles. The Balaban J connectivity index is 3.91. The Morgan fingerprint density at radius 3 is 2.67 bits per heavy atom. The second-order valence-electron chi connectivity index (χ2n) is 2.85. The number of amides is 1. The molecule has 0 radical (unpaired) electrons. The standard InChI is InChI=1S/C10H15NO4/c1-3-4-5-11-9(13)8(2)10(14)15-7-6-12/h6H,2-5,7H2,1H3,(H,11,13). The Bertz CT molecular complexity index is 260. The summed E-state index contributed by atoms with van der Waals surface area (Å²) in [7, 11) is 0. The molecule has 0 bridgehead atoms. The van der Waals surface area contributed by atoms with Gasteiger partial charge < -0.3 is 10.1 Å². The fourth-order valence-electron chi connectivity index (χ4n) is 0.775. The van der Waals surface area contributed by atoms with Gasteiger partial charge in [0, 0.05) is 6.54 Å². The van der Waals surface area contributed by atoms with Crippen molar-refractivity contribution in [3.8, 4) is 0 Å². The van der Waals surface area contributed by atoms with E-state index in [9.17, 15) is 14.4 Å². The van der Waals surface area contributed by atoms with Crippen molar-refractivity contribution >= 4 is 18.2 Å². The number of esters is 1. The summed E-state index contributed by atoms with van der Waals surface area (Å²) in [6, 6.07) is 0. The van der Waals surface area contributed by atoms with Gasteiger partial charge in [0.25, 0.3) is 5.91 Å². The average molecular weight is 213 g/mol. The van der Waals surface area contributed by atoms with Crippen LogP contribution in [0.4, 0.5) is 0 Å². The van der Waals surface area contributed by atoms with Crippen LogP contribution in [0.5, 0.6) is 0 Å². The summed E-state index contributed by atoms with van der Waals surface area (Å²) >= 11 is 0. The zero-order valence-corrected chi connectivity index (χ0v) is 8.75. The molecular formula is C10H15NO4. The smallest absolute Gasteiger partial charge is 0.343 e. The molecule has 0 unspecified atom stereocenters. The van der Waals surface area contributed by atoms with Gasteiger partial charge in [0.2, 0.25) is 0 Å². The second-order valence-corrected chi connectivity index (χ2v) is 2.85. The van der Waals surface area contributed by atoms with Gasteiger partial charge in [-0.3, -0.25) is 9.59 Å². The van der Waals surface area contributed by atoms with E-state index < -0.39 is 11.9 Å². The van der Waals surface area contributed by atoms with E-state index in [1.54, 1.807) is 0 Å². The van der Waals surface area contributed by atoms with E-state index in [-0.39, 0.29) is 12.2 Å². The van der Waals surface area contributed by atoms with Crippen LogP contribution in [0.1, 0.15) is 19.8 Å². The number of unbranched alkanes of at least 4 members (excludes halogenated alkanes) is 1. The summed E-state index contributed by atoms with van der Waals surface area (Å²) in [5, 5.41) is 2.51. The molecule has 0 aromatic rings. The number of ether oxygens (including phenoxy) is 1. The van der Waals surface area contributed by atoms with E-state index in [2.05, 4.69) is 16.6 Å². The maximum atomic E-state index is 11.2. The number of hydrogen-bond donors (Lipinski definition) is 1. The first-order valence-electron chi connectivity index (χ1n) is 4.71. The molecule has 5 nitrogen and oxygen atoms in total. The minimum Gasteiger partial charge on any atom is -0.454 e. The highest BCUT2D eigenvalue weighted by Gasteiger charge is 2.16. The fourth-order valence-corrected chi connectivity index (χ4v) is 0.775. The molecule has 0 aliphatic carbocycles. The molecule has 0 saturated carbocycles. The largest absolute Gasteiger partial charge is 0.454 e. The highest BCUT2D eigenvalue weighted by atomic mass is 16.5. The predicted octanol–water partition coefficient (Wildman–Crippen LogP) is 0.201. The highest BCUT2D eigenvalue weighted by Crippen LogP contribution is 1.95. The lowest BCUT2D eigenvalue weighted by atomic mass is 10.2. The van der Waals surface area contributed by atoms with Crippen LogP contribution in [0.25, 0.3) is 0 Å². The molecule has 0 aromatic heterocycles. The van der Waals surface area contributed by atoms with Gasteiger partial charge in [0.1, 0.15) is 12.2 Å². The summed E-state index contributed by atoms with van der Waals surface area (Å²) in [6.07, 6.45) is 2.21. The number of carbonyl (C=O) groups is 3. The normalized spacial score (nSPS) is 9.13. The van der Waals surface area contributed by atoms with Crippen molar-refractivity contribution in [3.63, 3.8) is 0 Å². The van der Waals surface area contributed by atoms with Crippen molar-refractivity contribution < 1.29 is 19.1 Å². The molecule has 0 fully saturated rings. The van der Waals surface area contributed by atoms with Crippen LogP contribution < -0.4 is 5.32 Å². The molecule has 0 aliphatic heterocycles. The summed E-state index contributed by atoms with van der Waals surface area (Å²) in [5.74, 6) is -1.42. The van der Waals surface area contributed by atoms with Crippen LogP contribution >= 0.6 is 0 Å². The number of hydrogen-bond acceptors (Lipinski definition) is 4. The van der Waals surface area contributed by atoms with E-state index in [1.807, 2.05) is 6.92 Å². The molecular weight excluding hydrogens is 198 g/mol. The third-order valence-corrected chi connectivity index (χ3v) is 1.62. The van der Waals surface area contributed by atoms with Gasteiger partial charge in [-0.25, -0.2) is 4.79 Å². The minimum absolute atomic E-state index is 0.284. The Kier molecular flexibility index (Phi) is 6.88. The quantitative estimate of drug-likeness (QED) is 0.164. The molecule has 0 heterocycles. The molecule has 0 atom stereocenters. The minimum atomic E-state index is -0.865. The van der Waals surface area contributed by atoms with Crippen molar-refractivity contribution in [3.05, 3.63) is 12.2 Å². The van der Waals surface area contributed by atoms with Crippen molar-refractivity contribution in [2.24, 2.45) is 0 Å². The maximum Gasteiger partial charge on any atom is 0.343 e. The third-order valence-electron chi connectivity index (χ3n) is 1.62. The maximum absolute atomic E-state index is 11.2. The van der Waals surface area contributed by atoms with Crippen LogP contribution in [0.2, 0.25) is 0 Å². The van der Waals surface area contributed by atoms with Gasteiger partial charge in [0.05, 0.1) is 0 Å². The van der Waals surface area contributed by atoms with Crippen LogP contribution in [-0.4, -0.2) is 31.3 Å². The first kappa shape index (κ1) is 13.4. The Morgan fingerprint density at radius 1 is 1.47 bits per heavy atom. The van der Waals surface area contributed by atoms with Crippen LogP contribution in [-0.2, 0) is 19.1 Å². The SMILES string of the molecule is C=C(C(=O)NCCCC)C(=O)OCC=O. The van der Waals surface area contributed by atoms with E-state index in [4.69, 9.17) is 0 Å². The van der Waals surface area contributed by atoms with Gasteiger partial charge in [0.15, 0.2) is 6.29 Å². The van der Waals surface area contributed by atoms with Crippen LogP contribution in [0.3, 0.4) is 0 Å². The molecule has 1 amide bonds. The number of carbonyl (C=O) groups excluding carboxylic acids is 3. The van der Waals surface area contributed by atoms with Crippen LogP contribution in [0.15, 0.2) is 12.2 Å². The summed E-state index contributed by atoms with van der Waals surface area (Å²) < 4.78 is 4.41. The number of rotatable bonds is 7. The molecule has 15 heavy (non-hydrogen) atoms. The zero-order chi connectivity index (χ0) is 11.7. The van der Waals surface area contributed by atoms with Gasteiger partial charge in [-0.15, -0.1) is 0 Å². The Morgan fingerprint density at radius 2 is 2.13 bits per heavy atom. The second kappa shape index (κ2) is 7.73. The van der Waals surface area contributed by atoms with Crippen molar-refractivity contribution in [2.45, 2.75) is 19.8 Å². The molecule has 0 aromatic carbocycles. The first-order valence-corrected chi connectivity index (χ1v) is 4.71. The Hall–Kier alpha value is -1.65. The van der Waals surface area contributed by atoms with Gasteiger partial charge >= 0.3 is 5.97 Å². The summed E-state index contributed by atoms with van der Waals surface area (Å²) in [5.41, 5.74) is -0.284. The lowest BCUT2D eigenvalue weighted by Crippen LogP contribution is -2.29. The monoisotopic (exact) mass is 213 g/mol. The number of nitrogens with one attached hydrogen (secondary N) is 1. The molecule has 5 heteroatoms. The van der Waals surface area contributed by atoms with E-state index in [1.165, 1.54) is 0 Å². The van der Waals surface area contributed by atoms with E-state index in [0.717, 1.165) is 12.8 Å². The van der Waals surface area contributed by atoms with Gasteiger partial charge in [-0.2, -0.15) is 0 Å². The summed E-state index contributed by atoms with van der Waals surface area (Å²) in [6.45, 7) is 5.40. The Labute approximate surface area is 88.5 Å². The zero-order valence-electron chi connectivity index (χ0n) is 8.75. The lowest BCUT2D eigenvalue weighted by Gasteiger charge is -2.05. The molecule has 84 valence electrons. The van der Waals surface area contributed by atoms with Crippen molar-refractivity contribution in [1.82, 2.24) is 5.32 Å². The van der Waals surface area contributed by atoms with Crippen LogP contribution in [0, 0.1) is 0 Å². The fraction of sp³-hybridized carbons (Fsp3) is 0.500. The third kappa shape index (κ3) is 5.61. The van der Waals surface area contributed by atoms with Gasteiger partial charge in [-0.1, -0.05) is 19.9 Å². The van der Waals surface area contributed by atoms with Gasteiger partial charge in [-0.05, 0) is 6.42 Å². The topological polar surface area (TPSA) is 72.5 Å². The van der Waals surface area contributed by atoms with Crippen molar-refractivity contribution in [1.29, 1.82) is 0 Å². The first-order chi connectivity index (χ1) is 7.13. The molecule has 1 N–H and O–H groups in total. The van der Waals surface area contributed by atoms with E-state index >= 15 is 0 Å². The number of aldehydes is 1. The highest BCUT2D eigenvalue weighted by molar-refractivity contribution is 6.15. The predicted molar refractivity (Wildman–Crippen MR) is 54.1 cm³/mol.